The van der Waals surface area contributed by atoms with Gasteiger partial charge in [-0.2, -0.15) is 0 Å². The number of ether oxygens (including phenoxy) is 1. The van der Waals surface area contributed by atoms with Crippen molar-refractivity contribution in [3.8, 4) is 5.75 Å². The van der Waals surface area contributed by atoms with Crippen molar-refractivity contribution in [1.82, 2.24) is 0 Å². The first-order valence-corrected chi connectivity index (χ1v) is 6.70. The van der Waals surface area contributed by atoms with Crippen molar-refractivity contribution in [2.75, 3.05) is 19.0 Å². The number of rotatable bonds is 5. The van der Waals surface area contributed by atoms with E-state index in [-0.39, 0.29) is 0 Å². The fraction of sp³-hybridized carbons (Fsp3) is 0.250. The van der Waals surface area contributed by atoms with Gasteiger partial charge in [0, 0.05) is 17.6 Å². The quantitative estimate of drug-likeness (QED) is 0.878. The second-order valence-electron chi connectivity index (χ2n) is 4.46. The van der Waals surface area contributed by atoms with E-state index >= 15 is 0 Å². The van der Waals surface area contributed by atoms with E-state index < -0.39 is 0 Å². The number of halogens is 1. The van der Waals surface area contributed by atoms with Crippen LogP contribution in [-0.2, 0) is 6.42 Å². The van der Waals surface area contributed by atoms with E-state index in [1.165, 1.54) is 5.56 Å². The number of hydrogen-bond donors (Lipinski definition) is 1. The predicted molar refractivity (Wildman–Crippen MR) is 81.4 cm³/mol. The van der Waals surface area contributed by atoms with Crippen LogP contribution in [0.3, 0.4) is 0 Å². The average molecular weight is 276 g/mol. The summed E-state index contributed by atoms with van der Waals surface area (Å²) < 4.78 is 5.34. The first kappa shape index (κ1) is 13.8. The summed E-state index contributed by atoms with van der Waals surface area (Å²) in [5.41, 5.74) is 3.35. The molecule has 2 rings (SSSR count). The molecule has 0 saturated heterocycles. The van der Waals surface area contributed by atoms with Crippen molar-refractivity contribution in [2.45, 2.75) is 13.3 Å². The highest BCUT2D eigenvalue weighted by Gasteiger charge is 2.06. The Kier molecular flexibility index (Phi) is 4.69. The lowest BCUT2D eigenvalue weighted by molar-refractivity contribution is 0.416. The normalized spacial score (nSPS) is 10.3. The topological polar surface area (TPSA) is 21.3 Å². The van der Waals surface area contributed by atoms with Gasteiger partial charge in [0.2, 0.25) is 0 Å². The highest BCUT2D eigenvalue weighted by Crippen LogP contribution is 2.30. The molecule has 19 heavy (non-hydrogen) atoms. The van der Waals surface area contributed by atoms with E-state index in [9.17, 15) is 0 Å². The minimum atomic E-state index is 0.727. The molecule has 0 aromatic heterocycles. The van der Waals surface area contributed by atoms with Gasteiger partial charge in [0.25, 0.3) is 0 Å². The highest BCUT2D eigenvalue weighted by atomic mass is 35.5. The summed E-state index contributed by atoms with van der Waals surface area (Å²) in [7, 11) is 1.66. The highest BCUT2D eigenvalue weighted by molar-refractivity contribution is 6.31. The van der Waals surface area contributed by atoms with E-state index in [0.717, 1.165) is 35.0 Å². The minimum Gasteiger partial charge on any atom is -0.495 e. The molecular formula is C16H18ClNO. The lowest BCUT2D eigenvalue weighted by Gasteiger charge is -2.13. The molecule has 0 spiro atoms. The third-order valence-electron chi connectivity index (χ3n) is 3.05. The molecule has 0 aliphatic heterocycles. The number of aryl methyl sites for hydroxylation is 1. The molecule has 100 valence electrons. The van der Waals surface area contributed by atoms with Crippen LogP contribution in [0.5, 0.6) is 5.75 Å². The molecule has 0 fully saturated rings. The lowest BCUT2D eigenvalue weighted by atomic mass is 10.1. The molecule has 0 bridgehead atoms. The second kappa shape index (κ2) is 6.48. The van der Waals surface area contributed by atoms with Gasteiger partial charge in [-0.05, 0) is 30.5 Å². The third kappa shape index (κ3) is 3.65. The molecule has 1 N–H and O–H groups in total. The van der Waals surface area contributed by atoms with Gasteiger partial charge in [-0.25, -0.2) is 0 Å². The van der Waals surface area contributed by atoms with E-state index in [0.29, 0.717) is 0 Å². The van der Waals surface area contributed by atoms with Crippen molar-refractivity contribution >= 4 is 17.3 Å². The van der Waals surface area contributed by atoms with Crippen molar-refractivity contribution in [1.29, 1.82) is 0 Å². The maximum Gasteiger partial charge on any atom is 0.143 e. The Labute approximate surface area is 119 Å². The third-order valence-corrected chi connectivity index (χ3v) is 3.46. The van der Waals surface area contributed by atoms with Gasteiger partial charge in [-0.3, -0.25) is 0 Å². The maximum absolute atomic E-state index is 6.09. The molecule has 0 radical (unpaired) electrons. The van der Waals surface area contributed by atoms with Crippen LogP contribution in [-0.4, -0.2) is 13.7 Å². The molecule has 3 heteroatoms. The molecular weight excluding hydrogens is 258 g/mol. The number of anilines is 1. The minimum absolute atomic E-state index is 0.727. The van der Waals surface area contributed by atoms with E-state index in [1.807, 2.05) is 25.1 Å². The van der Waals surface area contributed by atoms with Crippen molar-refractivity contribution in [2.24, 2.45) is 0 Å². The van der Waals surface area contributed by atoms with Gasteiger partial charge in [0.1, 0.15) is 5.75 Å². The van der Waals surface area contributed by atoms with Gasteiger partial charge < -0.3 is 10.1 Å². The summed E-state index contributed by atoms with van der Waals surface area (Å²) in [6, 6.07) is 14.3. The van der Waals surface area contributed by atoms with Gasteiger partial charge in [0.05, 0.1) is 12.8 Å². The maximum atomic E-state index is 6.09. The Morgan fingerprint density at radius 2 is 1.89 bits per heavy atom. The molecule has 0 unspecified atom stereocenters. The Morgan fingerprint density at radius 3 is 2.58 bits per heavy atom. The SMILES string of the molecule is COc1cc(Cl)c(C)cc1NCCc1ccccc1. The first-order chi connectivity index (χ1) is 9.20. The molecule has 0 aliphatic carbocycles. The van der Waals surface area contributed by atoms with Gasteiger partial charge in [-0.15, -0.1) is 0 Å². The summed E-state index contributed by atoms with van der Waals surface area (Å²) in [4.78, 5) is 0. The fourth-order valence-electron chi connectivity index (χ4n) is 1.96. The number of benzene rings is 2. The zero-order valence-electron chi connectivity index (χ0n) is 11.2. The Balaban J connectivity index is 2.01. The zero-order valence-corrected chi connectivity index (χ0v) is 12.0. The molecule has 2 aromatic carbocycles. The van der Waals surface area contributed by atoms with Crippen LogP contribution in [0, 0.1) is 6.92 Å². The van der Waals surface area contributed by atoms with Crippen molar-refractivity contribution < 1.29 is 4.74 Å². The van der Waals surface area contributed by atoms with Crippen LogP contribution >= 0.6 is 11.6 Å². The van der Waals surface area contributed by atoms with E-state index in [2.05, 4.69) is 29.6 Å². The molecule has 2 aromatic rings. The van der Waals surface area contributed by atoms with Crippen LogP contribution in [0.15, 0.2) is 42.5 Å². The predicted octanol–water partition coefficient (Wildman–Crippen LogP) is 4.31. The van der Waals surface area contributed by atoms with Crippen LogP contribution in [0.2, 0.25) is 5.02 Å². The molecule has 0 saturated carbocycles. The zero-order chi connectivity index (χ0) is 13.7. The van der Waals surface area contributed by atoms with Crippen LogP contribution in [0.25, 0.3) is 0 Å². The Morgan fingerprint density at radius 1 is 1.16 bits per heavy atom. The number of methoxy groups -OCH3 is 1. The summed E-state index contributed by atoms with van der Waals surface area (Å²) in [6.07, 6.45) is 0.978. The van der Waals surface area contributed by atoms with Crippen molar-refractivity contribution in [3.63, 3.8) is 0 Å². The van der Waals surface area contributed by atoms with E-state index in [1.54, 1.807) is 7.11 Å². The summed E-state index contributed by atoms with van der Waals surface area (Å²) in [5.74, 6) is 0.781. The van der Waals surface area contributed by atoms with Gasteiger partial charge >= 0.3 is 0 Å². The fourth-order valence-corrected chi connectivity index (χ4v) is 2.11. The molecule has 0 atom stereocenters. The van der Waals surface area contributed by atoms with Gasteiger partial charge in [-0.1, -0.05) is 41.9 Å². The Hall–Kier alpha value is -1.67. The standard InChI is InChI=1S/C16H18ClNO/c1-12-10-15(16(19-2)11-14(12)17)18-9-8-13-6-4-3-5-7-13/h3-7,10-11,18H,8-9H2,1-2H3. The van der Waals surface area contributed by atoms with E-state index in [4.69, 9.17) is 16.3 Å². The second-order valence-corrected chi connectivity index (χ2v) is 4.87. The van der Waals surface area contributed by atoms with Crippen LogP contribution in [0.1, 0.15) is 11.1 Å². The summed E-state index contributed by atoms with van der Waals surface area (Å²) in [5, 5.41) is 4.12. The van der Waals surface area contributed by atoms with Crippen LogP contribution in [0.4, 0.5) is 5.69 Å². The molecule has 0 aliphatic rings. The largest absolute Gasteiger partial charge is 0.495 e. The molecule has 2 nitrogen and oxygen atoms in total. The van der Waals surface area contributed by atoms with Crippen molar-refractivity contribution in [3.05, 3.63) is 58.6 Å². The summed E-state index contributed by atoms with van der Waals surface area (Å²) in [6.45, 7) is 2.85. The smallest absolute Gasteiger partial charge is 0.143 e. The number of nitrogens with one attached hydrogen (secondary N) is 1. The number of hydrogen-bond acceptors (Lipinski definition) is 2. The summed E-state index contributed by atoms with van der Waals surface area (Å²) >= 11 is 6.09. The van der Waals surface area contributed by atoms with Crippen LogP contribution < -0.4 is 10.1 Å². The monoisotopic (exact) mass is 275 g/mol. The molecule has 0 heterocycles. The first-order valence-electron chi connectivity index (χ1n) is 6.32. The van der Waals surface area contributed by atoms with Gasteiger partial charge in [0.15, 0.2) is 0 Å². The Bertz CT molecular complexity index is 540. The lowest BCUT2D eigenvalue weighted by Crippen LogP contribution is -2.06. The average Bonchev–Trinajstić information content (AvgIpc) is 2.43. The molecule has 0 amide bonds.